The molecule has 0 aliphatic heterocycles. The first-order valence-corrected chi connectivity index (χ1v) is 6.79. The molecule has 1 aromatic rings. The fraction of sp³-hybridized carbons (Fsp3) is 0.562. The van der Waals surface area contributed by atoms with Crippen molar-refractivity contribution in [3.63, 3.8) is 0 Å². The van der Waals surface area contributed by atoms with Crippen molar-refractivity contribution in [1.29, 1.82) is 5.26 Å². The molecule has 0 heterocycles. The lowest BCUT2D eigenvalue weighted by atomic mass is 9.64. The van der Waals surface area contributed by atoms with Crippen LogP contribution >= 0.6 is 0 Å². The zero-order valence-electron chi connectivity index (χ0n) is 11.8. The highest BCUT2D eigenvalue weighted by Crippen LogP contribution is 2.45. The van der Waals surface area contributed by atoms with Gasteiger partial charge in [-0.15, -0.1) is 0 Å². The van der Waals surface area contributed by atoms with Crippen LogP contribution < -0.4 is 5.32 Å². The van der Waals surface area contributed by atoms with Crippen LogP contribution in [0.25, 0.3) is 0 Å². The van der Waals surface area contributed by atoms with Crippen LogP contribution in [0.3, 0.4) is 0 Å². The molecule has 19 heavy (non-hydrogen) atoms. The summed E-state index contributed by atoms with van der Waals surface area (Å²) in [5.74, 6) is 0.255. The SMILES string of the molecule is CC1CC(C)(C)CC(C#N)(Nc2ccc(F)cc2)C1. The maximum absolute atomic E-state index is 12.9. The van der Waals surface area contributed by atoms with E-state index in [0.717, 1.165) is 24.9 Å². The molecule has 2 rings (SSSR count). The van der Waals surface area contributed by atoms with Crippen LogP contribution in [-0.4, -0.2) is 5.54 Å². The van der Waals surface area contributed by atoms with Crippen molar-refractivity contribution < 1.29 is 4.39 Å². The van der Waals surface area contributed by atoms with Gasteiger partial charge in [0, 0.05) is 5.69 Å². The number of nitrogens with zero attached hydrogens (tertiary/aromatic N) is 1. The molecule has 1 N–H and O–H groups in total. The van der Waals surface area contributed by atoms with E-state index in [1.54, 1.807) is 12.1 Å². The number of nitrogens with one attached hydrogen (secondary N) is 1. The van der Waals surface area contributed by atoms with Gasteiger partial charge in [0.05, 0.1) is 6.07 Å². The van der Waals surface area contributed by atoms with Gasteiger partial charge in [-0.05, 0) is 54.9 Å². The summed E-state index contributed by atoms with van der Waals surface area (Å²) in [4.78, 5) is 0. The van der Waals surface area contributed by atoms with Gasteiger partial charge >= 0.3 is 0 Å². The van der Waals surface area contributed by atoms with Gasteiger partial charge < -0.3 is 5.32 Å². The van der Waals surface area contributed by atoms with E-state index < -0.39 is 5.54 Å². The summed E-state index contributed by atoms with van der Waals surface area (Å²) in [5.41, 5.74) is 0.423. The minimum absolute atomic E-state index is 0.153. The summed E-state index contributed by atoms with van der Waals surface area (Å²) < 4.78 is 12.9. The van der Waals surface area contributed by atoms with Gasteiger partial charge in [0.2, 0.25) is 0 Å². The van der Waals surface area contributed by atoms with Crippen molar-refractivity contribution in [3.05, 3.63) is 30.1 Å². The molecule has 2 nitrogen and oxygen atoms in total. The van der Waals surface area contributed by atoms with Crippen LogP contribution in [0.5, 0.6) is 0 Å². The standard InChI is InChI=1S/C16H21FN2/c1-12-8-15(2,3)10-16(9-12,11-18)19-14-6-4-13(17)5-7-14/h4-7,12,19H,8-10H2,1-3H3. The summed E-state index contributed by atoms with van der Waals surface area (Å²) in [6.45, 7) is 6.61. The summed E-state index contributed by atoms with van der Waals surface area (Å²) in [6, 6.07) is 8.69. The van der Waals surface area contributed by atoms with Crippen molar-refractivity contribution in [1.82, 2.24) is 0 Å². The Morgan fingerprint density at radius 3 is 2.42 bits per heavy atom. The van der Waals surface area contributed by atoms with Crippen molar-refractivity contribution in [3.8, 4) is 6.07 Å². The van der Waals surface area contributed by atoms with Gasteiger partial charge in [0.15, 0.2) is 0 Å². The molecule has 1 aromatic carbocycles. The van der Waals surface area contributed by atoms with Crippen LogP contribution in [0, 0.1) is 28.5 Å². The smallest absolute Gasteiger partial charge is 0.126 e. The van der Waals surface area contributed by atoms with E-state index in [1.807, 2.05) is 0 Å². The molecule has 0 aromatic heterocycles. The summed E-state index contributed by atoms with van der Waals surface area (Å²) in [7, 11) is 0. The maximum Gasteiger partial charge on any atom is 0.126 e. The average Bonchev–Trinajstić information content (AvgIpc) is 2.29. The van der Waals surface area contributed by atoms with Gasteiger partial charge in [-0.25, -0.2) is 4.39 Å². The lowest BCUT2D eigenvalue weighted by molar-refractivity contribution is 0.149. The van der Waals surface area contributed by atoms with E-state index in [1.165, 1.54) is 12.1 Å². The van der Waals surface area contributed by atoms with Crippen molar-refractivity contribution in [2.24, 2.45) is 11.3 Å². The molecule has 0 saturated heterocycles. The van der Waals surface area contributed by atoms with E-state index in [9.17, 15) is 9.65 Å². The number of nitriles is 1. The number of halogens is 1. The first-order valence-electron chi connectivity index (χ1n) is 6.79. The predicted octanol–water partition coefficient (Wildman–Crippen LogP) is 4.35. The number of anilines is 1. The molecule has 0 radical (unpaired) electrons. The van der Waals surface area contributed by atoms with Crippen LogP contribution in [-0.2, 0) is 0 Å². The molecular formula is C16H21FN2. The first-order chi connectivity index (χ1) is 8.84. The molecule has 0 amide bonds. The Morgan fingerprint density at radius 1 is 1.26 bits per heavy atom. The normalized spacial score (nSPS) is 29.5. The number of rotatable bonds is 2. The Labute approximate surface area is 114 Å². The predicted molar refractivity (Wildman–Crippen MR) is 75.2 cm³/mol. The van der Waals surface area contributed by atoms with Crippen LogP contribution in [0.2, 0.25) is 0 Å². The lowest BCUT2D eigenvalue weighted by Gasteiger charge is -2.44. The Bertz CT molecular complexity index is 486. The van der Waals surface area contributed by atoms with Crippen molar-refractivity contribution in [2.75, 3.05) is 5.32 Å². The Hall–Kier alpha value is -1.56. The second-order valence-electron chi connectivity index (χ2n) is 6.68. The highest BCUT2D eigenvalue weighted by molar-refractivity contribution is 5.48. The Balaban J connectivity index is 2.23. The quantitative estimate of drug-likeness (QED) is 0.858. The second-order valence-corrected chi connectivity index (χ2v) is 6.68. The monoisotopic (exact) mass is 260 g/mol. The highest BCUT2D eigenvalue weighted by Gasteiger charge is 2.43. The Morgan fingerprint density at radius 2 is 1.89 bits per heavy atom. The molecule has 0 spiro atoms. The molecule has 102 valence electrons. The van der Waals surface area contributed by atoms with Gasteiger partial charge in [0.1, 0.15) is 11.4 Å². The van der Waals surface area contributed by atoms with Gasteiger partial charge in [-0.1, -0.05) is 20.8 Å². The summed E-state index contributed by atoms with van der Waals surface area (Å²) in [6.07, 6.45) is 2.80. The zero-order valence-corrected chi connectivity index (χ0v) is 11.8. The third-order valence-corrected chi connectivity index (χ3v) is 3.82. The topological polar surface area (TPSA) is 35.8 Å². The molecule has 1 aliphatic carbocycles. The molecule has 1 saturated carbocycles. The maximum atomic E-state index is 12.9. The molecule has 0 bridgehead atoms. The van der Waals surface area contributed by atoms with Crippen LogP contribution in [0.15, 0.2) is 24.3 Å². The van der Waals surface area contributed by atoms with E-state index in [2.05, 4.69) is 32.2 Å². The number of hydrogen-bond donors (Lipinski definition) is 1. The zero-order chi connectivity index (χ0) is 14.1. The third-order valence-electron chi connectivity index (χ3n) is 3.82. The van der Waals surface area contributed by atoms with E-state index >= 15 is 0 Å². The van der Waals surface area contributed by atoms with Crippen LogP contribution in [0.4, 0.5) is 10.1 Å². The lowest BCUT2D eigenvalue weighted by Crippen LogP contribution is -2.46. The number of benzene rings is 1. The first kappa shape index (κ1) is 13.9. The minimum Gasteiger partial charge on any atom is -0.367 e. The summed E-state index contributed by atoms with van der Waals surface area (Å²) in [5, 5.41) is 13.0. The van der Waals surface area contributed by atoms with Gasteiger partial charge in [0.25, 0.3) is 0 Å². The number of hydrogen-bond acceptors (Lipinski definition) is 2. The highest BCUT2D eigenvalue weighted by atomic mass is 19.1. The molecule has 2 atom stereocenters. The fourth-order valence-electron chi connectivity index (χ4n) is 3.59. The second kappa shape index (κ2) is 4.85. The Kier molecular flexibility index (Phi) is 3.54. The van der Waals surface area contributed by atoms with E-state index in [-0.39, 0.29) is 11.2 Å². The molecule has 1 aliphatic rings. The minimum atomic E-state index is -0.543. The molecule has 2 unspecified atom stereocenters. The van der Waals surface area contributed by atoms with Crippen molar-refractivity contribution >= 4 is 5.69 Å². The summed E-state index contributed by atoms with van der Waals surface area (Å²) >= 11 is 0. The van der Waals surface area contributed by atoms with Gasteiger partial charge in [-0.3, -0.25) is 0 Å². The van der Waals surface area contributed by atoms with Crippen molar-refractivity contribution in [2.45, 2.75) is 45.6 Å². The van der Waals surface area contributed by atoms with E-state index in [4.69, 9.17) is 0 Å². The van der Waals surface area contributed by atoms with Crippen LogP contribution in [0.1, 0.15) is 40.0 Å². The largest absolute Gasteiger partial charge is 0.367 e. The van der Waals surface area contributed by atoms with Gasteiger partial charge in [-0.2, -0.15) is 5.26 Å². The molecule has 1 fully saturated rings. The molecule has 3 heteroatoms. The average molecular weight is 260 g/mol. The fourth-order valence-corrected chi connectivity index (χ4v) is 3.59. The third kappa shape index (κ3) is 3.26. The molecular weight excluding hydrogens is 239 g/mol. The van der Waals surface area contributed by atoms with E-state index in [0.29, 0.717) is 5.92 Å².